The lowest BCUT2D eigenvalue weighted by Crippen LogP contribution is -2.50. The summed E-state index contributed by atoms with van der Waals surface area (Å²) in [6.45, 7) is 6.76. The molecule has 0 aliphatic carbocycles. The van der Waals surface area contributed by atoms with Crippen LogP contribution in [-0.2, 0) is 26.2 Å². The van der Waals surface area contributed by atoms with Crippen LogP contribution >= 0.6 is 23.2 Å². The van der Waals surface area contributed by atoms with E-state index in [-0.39, 0.29) is 11.4 Å². The number of halogens is 2. The molecule has 7 nitrogen and oxygen atoms in total. The van der Waals surface area contributed by atoms with Crippen LogP contribution in [0.3, 0.4) is 0 Å². The molecular weight excluding hydrogens is 545 g/mol. The third-order valence-electron chi connectivity index (χ3n) is 6.42. The second-order valence-corrected chi connectivity index (χ2v) is 11.8. The topological polar surface area (TPSA) is 86.8 Å². The number of hydrogen-bond donors (Lipinski definition) is 1. The maximum Gasteiger partial charge on any atom is 0.264 e. The first-order valence-electron chi connectivity index (χ1n) is 12.0. The Kier molecular flexibility index (Phi) is 9.46. The molecule has 0 bridgehead atoms. The summed E-state index contributed by atoms with van der Waals surface area (Å²) in [5.74, 6) is -0.946. The van der Waals surface area contributed by atoms with Gasteiger partial charge in [0, 0.05) is 13.6 Å². The number of anilines is 1. The summed E-state index contributed by atoms with van der Waals surface area (Å²) in [6.07, 6.45) is 0. The molecule has 0 unspecified atom stereocenters. The molecule has 0 saturated heterocycles. The number of sulfonamides is 1. The average Bonchev–Trinajstić information content (AvgIpc) is 2.88. The highest BCUT2D eigenvalue weighted by molar-refractivity contribution is 7.92. The summed E-state index contributed by atoms with van der Waals surface area (Å²) in [7, 11) is -2.64. The van der Waals surface area contributed by atoms with Gasteiger partial charge in [-0.1, -0.05) is 53.0 Å². The Hall–Kier alpha value is -3.07. The molecule has 0 aliphatic heterocycles. The van der Waals surface area contributed by atoms with Crippen LogP contribution < -0.4 is 9.62 Å². The number of amides is 2. The SMILES string of the molecule is CNC(=O)[C@@H](C)N(Cc1ccc(Cl)c(Cl)c1)C(=O)CN(c1ccc(C)c(C)c1)S(=O)(=O)c1ccc(C)cc1. The van der Waals surface area contributed by atoms with Crippen LogP contribution in [0.1, 0.15) is 29.2 Å². The molecule has 2 amide bonds. The van der Waals surface area contributed by atoms with Gasteiger partial charge in [0.2, 0.25) is 11.8 Å². The van der Waals surface area contributed by atoms with Gasteiger partial charge in [-0.25, -0.2) is 8.42 Å². The van der Waals surface area contributed by atoms with Crippen molar-refractivity contribution < 1.29 is 18.0 Å². The first-order valence-corrected chi connectivity index (χ1v) is 14.2. The number of nitrogens with one attached hydrogen (secondary N) is 1. The van der Waals surface area contributed by atoms with Gasteiger partial charge in [0.1, 0.15) is 12.6 Å². The summed E-state index contributed by atoms with van der Waals surface area (Å²) in [5, 5.41) is 3.22. The van der Waals surface area contributed by atoms with Crippen molar-refractivity contribution in [1.29, 1.82) is 0 Å². The van der Waals surface area contributed by atoms with Crippen molar-refractivity contribution in [3.05, 3.63) is 93.0 Å². The van der Waals surface area contributed by atoms with E-state index in [2.05, 4.69) is 5.32 Å². The van der Waals surface area contributed by atoms with Gasteiger partial charge in [0.25, 0.3) is 10.0 Å². The lowest BCUT2D eigenvalue weighted by molar-refractivity contribution is -0.139. The fourth-order valence-corrected chi connectivity index (χ4v) is 5.60. The number of benzene rings is 3. The van der Waals surface area contributed by atoms with E-state index in [0.29, 0.717) is 21.3 Å². The Bertz CT molecular complexity index is 1440. The standard InChI is InChI=1S/C28H31Cl2N3O4S/c1-18-6-11-24(12-7-18)38(36,37)33(23-10-8-19(2)20(3)14-23)17-27(34)32(21(4)28(35)31-5)16-22-9-13-25(29)26(30)15-22/h6-15,21H,16-17H2,1-5H3,(H,31,35)/t21-/m1/s1. The van der Waals surface area contributed by atoms with Crippen LogP contribution in [0.2, 0.25) is 10.0 Å². The minimum atomic E-state index is -4.12. The van der Waals surface area contributed by atoms with Crippen molar-refractivity contribution >= 4 is 50.7 Å². The van der Waals surface area contributed by atoms with Gasteiger partial charge in [0.05, 0.1) is 20.6 Å². The minimum Gasteiger partial charge on any atom is -0.357 e. The maximum atomic E-state index is 13.8. The lowest BCUT2D eigenvalue weighted by Gasteiger charge is -2.32. The highest BCUT2D eigenvalue weighted by Gasteiger charge is 2.32. The van der Waals surface area contributed by atoms with Crippen LogP contribution in [0, 0.1) is 20.8 Å². The molecule has 3 aromatic rings. The maximum absolute atomic E-state index is 13.8. The predicted octanol–water partition coefficient (Wildman–Crippen LogP) is 5.28. The van der Waals surface area contributed by atoms with E-state index in [9.17, 15) is 18.0 Å². The zero-order valence-corrected chi connectivity index (χ0v) is 24.3. The van der Waals surface area contributed by atoms with E-state index >= 15 is 0 Å². The quantitative estimate of drug-likeness (QED) is 0.376. The molecule has 0 heterocycles. The van der Waals surface area contributed by atoms with Crippen molar-refractivity contribution in [3.8, 4) is 0 Å². The Balaban J connectivity index is 2.06. The van der Waals surface area contributed by atoms with Crippen LogP contribution in [0.25, 0.3) is 0 Å². The first kappa shape index (κ1) is 29.5. The number of likely N-dealkylation sites (N-methyl/N-ethyl adjacent to an activating group) is 1. The minimum absolute atomic E-state index is 0.0235. The largest absolute Gasteiger partial charge is 0.357 e. The van der Waals surface area contributed by atoms with Crippen molar-refractivity contribution in [3.63, 3.8) is 0 Å². The van der Waals surface area contributed by atoms with E-state index in [4.69, 9.17) is 23.2 Å². The zero-order valence-electron chi connectivity index (χ0n) is 22.0. The predicted molar refractivity (Wildman–Crippen MR) is 152 cm³/mol. The van der Waals surface area contributed by atoms with E-state index in [1.54, 1.807) is 49.4 Å². The number of rotatable bonds is 9. The summed E-state index contributed by atoms with van der Waals surface area (Å²) in [5.41, 5.74) is 3.77. The van der Waals surface area contributed by atoms with E-state index in [0.717, 1.165) is 21.0 Å². The molecule has 0 spiro atoms. The van der Waals surface area contributed by atoms with Gasteiger partial charge in [-0.3, -0.25) is 13.9 Å². The summed E-state index contributed by atoms with van der Waals surface area (Å²) < 4.78 is 28.8. The molecule has 1 atom stereocenters. The number of nitrogens with zero attached hydrogens (tertiary/aromatic N) is 2. The van der Waals surface area contributed by atoms with E-state index in [1.807, 2.05) is 26.8 Å². The van der Waals surface area contributed by atoms with Crippen molar-refractivity contribution in [2.24, 2.45) is 0 Å². The summed E-state index contributed by atoms with van der Waals surface area (Å²) >= 11 is 12.2. The smallest absolute Gasteiger partial charge is 0.264 e. The lowest BCUT2D eigenvalue weighted by atomic mass is 10.1. The number of aryl methyl sites for hydroxylation is 3. The number of carbonyl (C=O) groups excluding carboxylic acids is 2. The molecule has 0 saturated carbocycles. The molecule has 0 aromatic heterocycles. The van der Waals surface area contributed by atoms with Crippen LogP contribution in [0.15, 0.2) is 65.6 Å². The molecule has 3 rings (SSSR count). The molecule has 0 aliphatic rings. The molecule has 38 heavy (non-hydrogen) atoms. The van der Waals surface area contributed by atoms with Gasteiger partial charge in [-0.05, 0) is 80.8 Å². The normalized spacial score (nSPS) is 12.1. The molecule has 10 heteroatoms. The zero-order chi connectivity index (χ0) is 28.2. The summed E-state index contributed by atoms with van der Waals surface area (Å²) in [6, 6.07) is 15.7. The van der Waals surface area contributed by atoms with Crippen molar-refractivity contribution in [1.82, 2.24) is 10.2 Å². The fourth-order valence-electron chi connectivity index (χ4n) is 3.87. The van der Waals surface area contributed by atoms with Crippen LogP contribution in [0.5, 0.6) is 0 Å². The van der Waals surface area contributed by atoms with Gasteiger partial charge in [-0.2, -0.15) is 0 Å². The molecule has 0 fully saturated rings. The third-order valence-corrected chi connectivity index (χ3v) is 8.94. The monoisotopic (exact) mass is 575 g/mol. The van der Waals surface area contributed by atoms with Gasteiger partial charge in [0.15, 0.2) is 0 Å². The summed E-state index contributed by atoms with van der Waals surface area (Å²) in [4.78, 5) is 27.8. The van der Waals surface area contributed by atoms with Crippen LogP contribution in [0.4, 0.5) is 5.69 Å². The van der Waals surface area contributed by atoms with Crippen molar-refractivity contribution in [2.75, 3.05) is 17.9 Å². The first-order chi connectivity index (χ1) is 17.8. The number of hydrogen-bond acceptors (Lipinski definition) is 4. The Morgan fingerprint density at radius 1 is 0.895 bits per heavy atom. The Morgan fingerprint density at radius 2 is 1.55 bits per heavy atom. The van der Waals surface area contributed by atoms with Gasteiger partial charge >= 0.3 is 0 Å². The van der Waals surface area contributed by atoms with E-state index < -0.39 is 34.4 Å². The second-order valence-electron chi connectivity index (χ2n) is 9.15. The molecule has 202 valence electrons. The van der Waals surface area contributed by atoms with Crippen molar-refractivity contribution in [2.45, 2.75) is 45.2 Å². The average molecular weight is 577 g/mol. The Morgan fingerprint density at radius 3 is 2.13 bits per heavy atom. The van der Waals surface area contributed by atoms with Crippen LogP contribution in [-0.4, -0.2) is 44.8 Å². The Labute approximate surface area is 234 Å². The second kappa shape index (κ2) is 12.2. The highest BCUT2D eigenvalue weighted by Crippen LogP contribution is 2.27. The number of carbonyl (C=O) groups is 2. The van der Waals surface area contributed by atoms with Gasteiger partial charge < -0.3 is 10.2 Å². The molecule has 0 radical (unpaired) electrons. The molecule has 1 N–H and O–H groups in total. The van der Waals surface area contributed by atoms with Gasteiger partial charge in [-0.15, -0.1) is 0 Å². The highest BCUT2D eigenvalue weighted by atomic mass is 35.5. The fraction of sp³-hybridized carbons (Fsp3) is 0.286. The van der Waals surface area contributed by atoms with E-state index in [1.165, 1.54) is 24.1 Å². The molecule has 3 aromatic carbocycles. The third kappa shape index (κ3) is 6.67. The molecular formula is C28H31Cl2N3O4S.